The van der Waals surface area contributed by atoms with Crippen LogP contribution in [0.3, 0.4) is 0 Å². The number of aromatic nitrogens is 1. The van der Waals surface area contributed by atoms with E-state index in [4.69, 9.17) is 10.5 Å². The van der Waals surface area contributed by atoms with Crippen LogP contribution < -0.4 is 5.73 Å². The van der Waals surface area contributed by atoms with E-state index in [1.807, 2.05) is 5.38 Å². The van der Waals surface area contributed by atoms with E-state index in [0.717, 1.165) is 36.9 Å². The van der Waals surface area contributed by atoms with Crippen molar-refractivity contribution in [3.8, 4) is 0 Å². The molecule has 0 aliphatic carbocycles. The Morgan fingerprint density at radius 3 is 3.27 bits per heavy atom. The molecular weight excluding hydrogens is 210 g/mol. The molecule has 1 fully saturated rings. The first-order chi connectivity index (χ1) is 7.33. The summed E-state index contributed by atoms with van der Waals surface area (Å²) < 4.78 is 5.72. The van der Waals surface area contributed by atoms with Crippen LogP contribution in [0.1, 0.15) is 23.7 Å². The third-order valence-corrected chi connectivity index (χ3v) is 3.64. The number of thiazole rings is 1. The minimum Gasteiger partial charge on any atom is -0.368 e. The van der Waals surface area contributed by atoms with Gasteiger partial charge in [-0.25, -0.2) is 4.98 Å². The lowest BCUT2D eigenvalue weighted by atomic mass is 10.3. The van der Waals surface area contributed by atoms with Gasteiger partial charge >= 0.3 is 0 Å². The number of morpholine rings is 1. The van der Waals surface area contributed by atoms with E-state index in [-0.39, 0.29) is 6.10 Å². The maximum Gasteiger partial charge on any atom is 0.123 e. The quantitative estimate of drug-likeness (QED) is 0.837. The van der Waals surface area contributed by atoms with Gasteiger partial charge in [0.1, 0.15) is 11.1 Å². The fourth-order valence-corrected chi connectivity index (χ4v) is 2.57. The highest BCUT2D eigenvalue weighted by Gasteiger charge is 2.23. The molecule has 0 bridgehead atoms. The van der Waals surface area contributed by atoms with Crippen LogP contribution in [-0.2, 0) is 11.3 Å². The highest BCUT2D eigenvalue weighted by molar-refractivity contribution is 7.09. The predicted octanol–water partition coefficient (Wildman–Crippen LogP) is 0.995. The summed E-state index contributed by atoms with van der Waals surface area (Å²) in [6.45, 7) is 6.55. The molecule has 0 amide bonds. The lowest BCUT2D eigenvalue weighted by Crippen LogP contribution is -2.38. The van der Waals surface area contributed by atoms with E-state index in [2.05, 4.69) is 16.8 Å². The van der Waals surface area contributed by atoms with Crippen LogP contribution in [0.4, 0.5) is 0 Å². The van der Waals surface area contributed by atoms with E-state index in [9.17, 15) is 0 Å². The van der Waals surface area contributed by atoms with Crippen LogP contribution in [-0.4, -0.2) is 36.1 Å². The Balaban J connectivity index is 2.03. The summed E-state index contributed by atoms with van der Waals surface area (Å²) >= 11 is 1.65. The van der Waals surface area contributed by atoms with Crippen molar-refractivity contribution >= 4 is 11.3 Å². The van der Waals surface area contributed by atoms with Gasteiger partial charge in [0, 0.05) is 25.0 Å². The number of rotatable bonds is 3. The molecule has 1 aliphatic heterocycles. The van der Waals surface area contributed by atoms with Gasteiger partial charge in [0.2, 0.25) is 0 Å². The molecule has 2 rings (SSSR count). The molecule has 0 saturated carbocycles. The molecule has 84 valence electrons. The fourth-order valence-electron chi connectivity index (χ4n) is 1.70. The summed E-state index contributed by atoms with van der Waals surface area (Å²) in [6.07, 6.45) is 0.143. The van der Waals surface area contributed by atoms with Gasteiger partial charge in [0.15, 0.2) is 0 Å². The first-order valence-corrected chi connectivity index (χ1v) is 6.19. The molecule has 1 atom stereocenters. The molecule has 15 heavy (non-hydrogen) atoms. The number of hydrogen-bond donors (Lipinski definition) is 1. The Morgan fingerprint density at radius 2 is 2.60 bits per heavy atom. The summed E-state index contributed by atoms with van der Waals surface area (Å²) in [5.74, 6) is 0. The van der Waals surface area contributed by atoms with Gasteiger partial charge in [-0.15, -0.1) is 11.3 Å². The van der Waals surface area contributed by atoms with Gasteiger partial charge in [-0.2, -0.15) is 0 Å². The molecule has 4 nitrogen and oxygen atoms in total. The van der Waals surface area contributed by atoms with Gasteiger partial charge in [-0.05, 0) is 6.54 Å². The van der Waals surface area contributed by atoms with Crippen LogP contribution >= 0.6 is 11.3 Å². The average molecular weight is 227 g/mol. The van der Waals surface area contributed by atoms with Gasteiger partial charge in [-0.3, -0.25) is 4.90 Å². The molecule has 2 heterocycles. The Morgan fingerprint density at radius 1 is 1.73 bits per heavy atom. The molecule has 1 unspecified atom stereocenters. The minimum atomic E-state index is 0.143. The van der Waals surface area contributed by atoms with Crippen molar-refractivity contribution in [2.75, 3.05) is 26.2 Å². The SMILES string of the molecule is CCN1CCOC(c2nc(CN)cs2)C1. The molecule has 0 radical (unpaired) electrons. The first kappa shape index (κ1) is 11.0. The van der Waals surface area contributed by atoms with Crippen LogP contribution in [0, 0.1) is 0 Å². The summed E-state index contributed by atoms with van der Waals surface area (Å²) in [4.78, 5) is 6.85. The molecule has 0 spiro atoms. The number of nitrogens with zero attached hydrogens (tertiary/aromatic N) is 2. The third kappa shape index (κ3) is 2.55. The van der Waals surface area contributed by atoms with Crippen molar-refractivity contribution in [1.29, 1.82) is 0 Å². The Bertz CT molecular complexity index is 315. The van der Waals surface area contributed by atoms with Crippen LogP contribution in [0.5, 0.6) is 0 Å². The molecule has 1 aromatic rings. The molecule has 0 aromatic carbocycles. The lowest BCUT2D eigenvalue weighted by Gasteiger charge is -2.30. The number of ether oxygens (including phenoxy) is 1. The Labute approximate surface area is 94.1 Å². The van der Waals surface area contributed by atoms with Gasteiger partial charge < -0.3 is 10.5 Å². The van der Waals surface area contributed by atoms with Crippen LogP contribution in [0.2, 0.25) is 0 Å². The summed E-state index contributed by atoms with van der Waals surface area (Å²) in [6, 6.07) is 0. The molecule has 1 saturated heterocycles. The minimum absolute atomic E-state index is 0.143. The monoisotopic (exact) mass is 227 g/mol. The van der Waals surface area contributed by atoms with E-state index >= 15 is 0 Å². The predicted molar refractivity (Wildman–Crippen MR) is 60.8 cm³/mol. The Hall–Kier alpha value is -0.490. The van der Waals surface area contributed by atoms with E-state index < -0.39 is 0 Å². The summed E-state index contributed by atoms with van der Waals surface area (Å²) in [5, 5.41) is 3.08. The zero-order valence-corrected chi connectivity index (χ0v) is 9.80. The van der Waals surface area contributed by atoms with Crippen molar-refractivity contribution in [1.82, 2.24) is 9.88 Å². The first-order valence-electron chi connectivity index (χ1n) is 5.31. The van der Waals surface area contributed by atoms with Gasteiger partial charge in [0.05, 0.1) is 12.3 Å². The van der Waals surface area contributed by atoms with Crippen molar-refractivity contribution < 1.29 is 4.74 Å². The molecule has 2 N–H and O–H groups in total. The maximum atomic E-state index is 5.72. The standard InChI is InChI=1S/C10H17N3OS/c1-2-13-3-4-14-9(6-13)10-12-8(5-11)7-15-10/h7,9H,2-6,11H2,1H3. The van der Waals surface area contributed by atoms with E-state index in [1.165, 1.54) is 0 Å². The van der Waals surface area contributed by atoms with E-state index in [1.54, 1.807) is 11.3 Å². The van der Waals surface area contributed by atoms with Gasteiger partial charge in [-0.1, -0.05) is 6.92 Å². The number of nitrogens with two attached hydrogens (primary N) is 1. The zero-order valence-electron chi connectivity index (χ0n) is 8.98. The fraction of sp³-hybridized carbons (Fsp3) is 0.700. The van der Waals surface area contributed by atoms with Crippen molar-refractivity contribution in [3.05, 3.63) is 16.1 Å². The Kier molecular flexibility index (Phi) is 3.69. The average Bonchev–Trinajstić information content (AvgIpc) is 2.78. The second-order valence-electron chi connectivity index (χ2n) is 3.63. The van der Waals surface area contributed by atoms with Crippen LogP contribution in [0.15, 0.2) is 5.38 Å². The van der Waals surface area contributed by atoms with Crippen molar-refractivity contribution in [3.63, 3.8) is 0 Å². The number of likely N-dealkylation sites (N-methyl/N-ethyl adjacent to an activating group) is 1. The zero-order chi connectivity index (χ0) is 10.7. The second-order valence-corrected chi connectivity index (χ2v) is 4.52. The summed E-state index contributed by atoms with van der Waals surface area (Å²) in [7, 11) is 0. The molecule has 1 aromatic heterocycles. The second kappa shape index (κ2) is 5.03. The maximum absolute atomic E-state index is 5.72. The normalized spacial score (nSPS) is 23.2. The van der Waals surface area contributed by atoms with E-state index in [0.29, 0.717) is 6.54 Å². The van der Waals surface area contributed by atoms with Gasteiger partial charge in [0.25, 0.3) is 0 Å². The highest BCUT2D eigenvalue weighted by atomic mass is 32.1. The smallest absolute Gasteiger partial charge is 0.123 e. The third-order valence-electron chi connectivity index (χ3n) is 2.65. The molecule has 5 heteroatoms. The molecular formula is C10H17N3OS. The van der Waals surface area contributed by atoms with Crippen molar-refractivity contribution in [2.24, 2.45) is 5.73 Å². The van der Waals surface area contributed by atoms with Crippen molar-refractivity contribution in [2.45, 2.75) is 19.6 Å². The van der Waals surface area contributed by atoms with Crippen LogP contribution in [0.25, 0.3) is 0 Å². The lowest BCUT2D eigenvalue weighted by molar-refractivity contribution is -0.0283. The highest BCUT2D eigenvalue weighted by Crippen LogP contribution is 2.24. The summed E-state index contributed by atoms with van der Waals surface area (Å²) in [5.41, 5.74) is 6.50. The topological polar surface area (TPSA) is 51.4 Å². The number of hydrogen-bond acceptors (Lipinski definition) is 5. The largest absolute Gasteiger partial charge is 0.368 e. The molecule has 1 aliphatic rings.